The van der Waals surface area contributed by atoms with Crippen LogP contribution >= 0.6 is 11.6 Å². The van der Waals surface area contributed by atoms with Crippen molar-refractivity contribution in [2.24, 2.45) is 0 Å². The molecule has 8 heteroatoms. The third kappa shape index (κ3) is 7.02. The first kappa shape index (κ1) is 25.2. The fraction of sp³-hybridized carbons (Fsp3) is 0.308. The summed E-state index contributed by atoms with van der Waals surface area (Å²) in [7, 11) is 0. The summed E-state index contributed by atoms with van der Waals surface area (Å²) in [6, 6.07) is 10.8. The van der Waals surface area contributed by atoms with E-state index in [0.717, 1.165) is 35.9 Å². The number of fused-ring (bicyclic) bond motifs is 1. The first-order chi connectivity index (χ1) is 16.4. The maximum absolute atomic E-state index is 10.9. The topological polar surface area (TPSA) is 93.8 Å². The van der Waals surface area contributed by atoms with Gasteiger partial charge in [-0.3, -0.25) is 0 Å². The van der Waals surface area contributed by atoms with Crippen LogP contribution in [0.5, 0.6) is 11.5 Å². The van der Waals surface area contributed by atoms with Crippen LogP contribution in [-0.4, -0.2) is 29.1 Å². The van der Waals surface area contributed by atoms with Crippen molar-refractivity contribution in [3.05, 3.63) is 70.5 Å². The first-order valence-corrected chi connectivity index (χ1v) is 11.5. The number of unbranched alkanes of at least 4 members (excludes halogenated alkanes) is 1. The smallest absolute Gasteiger partial charge is 0.341 e. The first-order valence-electron chi connectivity index (χ1n) is 11.2. The van der Waals surface area contributed by atoms with Gasteiger partial charge in [0.25, 0.3) is 0 Å². The minimum absolute atomic E-state index is 0.399. The van der Waals surface area contributed by atoms with Crippen LogP contribution in [0.2, 0.25) is 5.02 Å². The molecule has 2 N–H and O–H groups in total. The van der Waals surface area contributed by atoms with Crippen LogP contribution in [-0.2, 0) is 4.79 Å². The average molecular weight is 485 g/mol. The monoisotopic (exact) mass is 484 g/mol. The largest absolute Gasteiger partial charge is 0.482 e. The number of hydrogen-bond acceptors (Lipinski definition) is 6. The Balaban J connectivity index is 1.90. The number of nitrogens with one attached hydrogen (secondary N) is 1. The molecule has 1 aromatic heterocycles. The Labute approximate surface area is 204 Å². The number of rotatable bonds is 12. The lowest BCUT2D eigenvalue weighted by molar-refractivity contribution is -0.139. The number of ether oxygens (including phenoxy) is 2. The number of halogens is 1. The van der Waals surface area contributed by atoms with E-state index in [1.54, 1.807) is 24.3 Å². The van der Waals surface area contributed by atoms with E-state index in [1.165, 1.54) is 0 Å². The van der Waals surface area contributed by atoms with E-state index < -0.39 is 18.8 Å². The zero-order chi connectivity index (χ0) is 24.5. The van der Waals surface area contributed by atoms with Gasteiger partial charge < -0.3 is 24.4 Å². The van der Waals surface area contributed by atoms with E-state index in [0.29, 0.717) is 27.8 Å². The fourth-order valence-electron chi connectivity index (χ4n) is 3.34. The molecule has 1 atom stereocenters. The summed E-state index contributed by atoms with van der Waals surface area (Å²) < 4.78 is 17.1. The molecule has 0 radical (unpaired) electrons. The van der Waals surface area contributed by atoms with Crippen LogP contribution in [0.3, 0.4) is 0 Å². The molecule has 0 amide bonds. The Kier molecular flexibility index (Phi) is 8.99. The summed E-state index contributed by atoms with van der Waals surface area (Å²) in [5.74, 6) is 0.137. The molecule has 0 aliphatic carbocycles. The highest BCUT2D eigenvalue weighted by molar-refractivity contribution is 6.30. The molecule has 1 unspecified atom stereocenters. The summed E-state index contributed by atoms with van der Waals surface area (Å²) in [6.45, 7) is 5.48. The maximum Gasteiger partial charge on any atom is 0.341 e. The quantitative estimate of drug-likeness (QED) is 0.228. The van der Waals surface area contributed by atoms with Crippen molar-refractivity contribution in [1.82, 2.24) is 10.5 Å². The number of aliphatic carboxylic acids is 1. The van der Waals surface area contributed by atoms with Gasteiger partial charge in [0.2, 0.25) is 0 Å². The van der Waals surface area contributed by atoms with E-state index in [-0.39, 0.29) is 0 Å². The van der Waals surface area contributed by atoms with Gasteiger partial charge in [0.1, 0.15) is 17.2 Å². The van der Waals surface area contributed by atoms with Crippen LogP contribution in [0.15, 0.2) is 58.8 Å². The maximum atomic E-state index is 10.9. The molecule has 0 aliphatic rings. The van der Waals surface area contributed by atoms with E-state index in [2.05, 4.69) is 17.4 Å². The molecular weight excluding hydrogens is 456 g/mol. The van der Waals surface area contributed by atoms with Crippen molar-refractivity contribution in [2.45, 2.75) is 46.3 Å². The van der Waals surface area contributed by atoms with E-state index >= 15 is 0 Å². The van der Waals surface area contributed by atoms with Crippen molar-refractivity contribution < 1.29 is 23.9 Å². The number of aromatic nitrogens is 1. The van der Waals surface area contributed by atoms with Crippen LogP contribution in [0.25, 0.3) is 17.0 Å². The molecule has 0 fully saturated rings. The zero-order valence-electron chi connectivity index (χ0n) is 19.5. The average Bonchev–Trinajstić information content (AvgIpc) is 3.18. The molecule has 0 bridgehead atoms. The van der Waals surface area contributed by atoms with Gasteiger partial charge in [-0.05, 0) is 80.8 Å². The van der Waals surface area contributed by atoms with Gasteiger partial charge in [0.15, 0.2) is 18.4 Å². The van der Waals surface area contributed by atoms with E-state index in [4.69, 9.17) is 30.7 Å². The fourth-order valence-corrected chi connectivity index (χ4v) is 3.46. The number of hydrogen-bond donors (Lipinski definition) is 2. The van der Waals surface area contributed by atoms with Crippen LogP contribution in [0, 0.1) is 6.92 Å². The second-order valence-electron chi connectivity index (χ2n) is 7.80. The number of aryl methyl sites for hydroxylation is 1. The van der Waals surface area contributed by atoms with Gasteiger partial charge >= 0.3 is 5.97 Å². The normalized spacial score (nSPS) is 12.8. The third-order valence-corrected chi connectivity index (χ3v) is 5.28. The summed E-state index contributed by atoms with van der Waals surface area (Å²) in [5, 5.41) is 18.0. The molecule has 0 saturated carbocycles. The highest BCUT2D eigenvalue weighted by atomic mass is 35.5. The van der Waals surface area contributed by atoms with Gasteiger partial charge in [-0.15, -0.1) is 0 Å². The summed E-state index contributed by atoms with van der Waals surface area (Å²) in [6.07, 6.45) is 8.17. The molecule has 3 aromatic rings. The van der Waals surface area contributed by atoms with Gasteiger partial charge in [0.05, 0.1) is 5.39 Å². The van der Waals surface area contributed by atoms with E-state index in [1.807, 2.05) is 44.2 Å². The van der Waals surface area contributed by atoms with Gasteiger partial charge in [-0.1, -0.05) is 36.2 Å². The number of carboxylic acid groups (broad SMARTS) is 1. The Morgan fingerprint density at radius 3 is 2.74 bits per heavy atom. The molecule has 1 heterocycles. The highest BCUT2D eigenvalue weighted by Crippen LogP contribution is 2.29. The number of allylic oxidation sites excluding steroid dienone is 2. The minimum atomic E-state index is -1.04. The summed E-state index contributed by atoms with van der Waals surface area (Å²) in [5.41, 5.74) is 2.93. The van der Waals surface area contributed by atoms with Crippen molar-refractivity contribution in [2.75, 3.05) is 6.61 Å². The molecule has 7 nitrogen and oxygen atoms in total. The SMILES string of the molecule is C/C=C\C(N/C(=C/c1noc2cc(C)c(OCC(=O)O)cc12)CCCC)Oc1ccc(Cl)cc1. The lowest BCUT2D eigenvalue weighted by Gasteiger charge is -2.20. The van der Waals surface area contributed by atoms with Crippen LogP contribution in [0.4, 0.5) is 0 Å². The van der Waals surface area contributed by atoms with Crippen molar-refractivity contribution in [3.8, 4) is 11.5 Å². The second kappa shape index (κ2) is 12.1. The molecule has 0 saturated heterocycles. The van der Waals surface area contributed by atoms with Crippen molar-refractivity contribution in [3.63, 3.8) is 0 Å². The molecule has 180 valence electrons. The number of benzene rings is 2. The number of nitrogens with zero attached hydrogens (tertiary/aromatic N) is 1. The predicted octanol–water partition coefficient (Wildman–Crippen LogP) is 6.35. The van der Waals surface area contributed by atoms with Crippen LogP contribution < -0.4 is 14.8 Å². The Bertz CT molecular complexity index is 1170. The Morgan fingerprint density at radius 1 is 1.29 bits per heavy atom. The molecule has 3 rings (SSSR count). The summed E-state index contributed by atoms with van der Waals surface area (Å²) >= 11 is 5.99. The van der Waals surface area contributed by atoms with Gasteiger partial charge in [-0.25, -0.2) is 4.79 Å². The molecule has 0 aliphatic heterocycles. The van der Waals surface area contributed by atoms with Crippen molar-refractivity contribution >= 4 is 34.6 Å². The molecule has 2 aromatic carbocycles. The standard InChI is InChI=1S/C26H29ClN2O5/c1-4-6-8-19(28-25(7-5-2)33-20-11-9-18(27)10-12-20)14-22-21-15-23(32-16-26(30)31)17(3)13-24(21)34-29-22/h5,7,9-15,25,28H,4,6,8,16H2,1-3H3,(H,30,31)/b7-5-,19-14+. The Hall–Kier alpha value is -3.45. The lowest BCUT2D eigenvalue weighted by atomic mass is 10.1. The molecule has 0 spiro atoms. The Morgan fingerprint density at radius 2 is 2.06 bits per heavy atom. The van der Waals surface area contributed by atoms with Crippen molar-refractivity contribution in [1.29, 1.82) is 0 Å². The van der Waals surface area contributed by atoms with Gasteiger partial charge in [-0.2, -0.15) is 0 Å². The second-order valence-corrected chi connectivity index (χ2v) is 8.24. The molecular formula is C26H29ClN2O5. The van der Waals surface area contributed by atoms with Gasteiger partial charge in [0, 0.05) is 10.7 Å². The summed E-state index contributed by atoms with van der Waals surface area (Å²) in [4.78, 5) is 10.9. The number of carbonyl (C=O) groups is 1. The lowest BCUT2D eigenvalue weighted by Crippen LogP contribution is -2.32. The number of carboxylic acids is 1. The predicted molar refractivity (Wildman–Crippen MR) is 133 cm³/mol. The zero-order valence-corrected chi connectivity index (χ0v) is 20.3. The van der Waals surface area contributed by atoms with E-state index in [9.17, 15) is 4.79 Å². The molecule has 34 heavy (non-hydrogen) atoms. The van der Waals surface area contributed by atoms with Crippen LogP contribution in [0.1, 0.15) is 44.4 Å². The minimum Gasteiger partial charge on any atom is -0.482 e. The third-order valence-electron chi connectivity index (χ3n) is 5.03. The highest BCUT2D eigenvalue weighted by Gasteiger charge is 2.14.